The highest BCUT2D eigenvalue weighted by Crippen LogP contribution is 2.28. The number of allylic oxidation sites excluding steroid dienone is 1. The fourth-order valence-electron chi connectivity index (χ4n) is 4.35. The highest BCUT2D eigenvalue weighted by atomic mass is 16.5. The number of aromatic nitrogens is 1. The van der Waals surface area contributed by atoms with Crippen molar-refractivity contribution in [1.29, 1.82) is 0 Å². The van der Waals surface area contributed by atoms with Gasteiger partial charge in [0.15, 0.2) is 0 Å². The normalized spacial score (nSPS) is 15.7. The molecule has 4 rings (SSSR count). The molecule has 1 aliphatic heterocycles. The van der Waals surface area contributed by atoms with E-state index in [1.54, 1.807) is 0 Å². The Morgan fingerprint density at radius 2 is 1.70 bits per heavy atom. The molecular formula is C29H35N3O. The summed E-state index contributed by atoms with van der Waals surface area (Å²) in [5.41, 5.74) is 5.79. The highest BCUT2D eigenvalue weighted by molar-refractivity contribution is 5.32. The van der Waals surface area contributed by atoms with Crippen LogP contribution in [0.3, 0.4) is 0 Å². The molecule has 0 bridgehead atoms. The quantitative estimate of drug-likeness (QED) is 0.463. The lowest BCUT2D eigenvalue weighted by Crippen LogP contribution is -2.38. The zero-order valence-electron chi connectivity index (χ0n) is 19.8. The molecule has 33 heavy (non-hydrogen) atoms. The summed E-state index contributed by atoms with van der Waals surface area (Å²) in [6, 6.07) is 23.0. The van der Waals surface area contributed by atoms with E-state index in [1.165, 1.54) is 16.7 Å². The van der Waals surface area contributed by atoms with E-state index in [0.717, 1.165) is 56.2 Å². The Morgan fingerprint density at radius 1 is 1.00 bits per heavy atom. The van der Waals surface area contributed by atoms with Gasteiger partial charge in [0.05, 0.1) is 11.7 Å². The summed E-state index contributed by atoms with van der Waals surface area (Å²) in [4.78, 5) is 7.21. The van der Waals surface area contributed by atoms with Gasteiger partial charge < -0.3 is 10.1 Å². The molecule has 4 heteroatoms. The third kappa shape index (κ3) is 6.45. The number of pyridine rings is 1. The van der Waals surface area contributed by atoms with Gasteiger partial charge in [-0.2, -0.15) is 0 Å². The largest absolute Gasteiger partial charge is 0.492 e. The van der Waals surface area contributed by atoms with E-state index in [1.807, 2.05) is 36.5 Å². The number of piperidine rings is 1. The summed E-state index contributed by atoms with van der Waals surface area (Å²) in [6.07, 6.45) is 4.16. The van der Waals surface area contributed by atoms with Crippen molar-refractivity contribution in [2.45, 2.75) is 32.7 Å². The van der Waals surface area contributed by atoms with Crippen LogP contribution in [0.4, 0.5) is 0 Å². The maximum atomic E-state index is 5.87. The fourth-order valence-corrected chi connectivity index (χ4v) is 4.35. The SMILES string of the molecule is C=C(NC(c1ccc(C)cc1)c1ccc(C)cn1)C1CCN(CCOc2ccccc2)CC1. The van der Waals surface area contributed by atoms with Crippen LogP contribution < -0.4 is 10.1 Å². The Labute approximate surface area is 198 Å². The number of ether oxygens (including phenoxy) is 1. The maximum absolute atomic E-state index is 5.87. The second kappa shape index (κ2) is 11.2. The summed E-state index contributed by atoms with van der Waals surface area (Å²) in [6.45, 7) is 12.5. The molecule has 0 saturated carbocycles. The highest BCUT2D eigenvalue weighted by Gasteiger charge is 2.24. The Hall–Kier alpha value is -3.11. The fraction of sp³-hybridized carbons (Fsp3) is 0.345. The molecular weight excluding hydrogens is 406 g/mol. The third-order valence-electron chi connectivity index (χ3n) is 6.47. The molecule has 172 valence electrons. The van der Waals surface area contributed by atoms with Gasteiger partial charge in [0.2, 0.25) is 0 Å². The average Bonchev–Trinajstić information content (AvgIpc) is 2.85. The Bertz CT molecular complexity index is 961. The molecule has 0 radical (unpaired) electrons. The smallest absolute Gasteiger partial charge is 0.119 e. The Kier molecular flexibility index (Phi) is 7.79. The van der Waals surface area contributed by atoms with E-state index >= 15 is 0 Å². The van der Waals surface area contributed by atoms with Crippen LogP contribution in [0.2, 0.25) is 0 Å². The van der Waals surface area contributed by atoms with Crippen molar-refractivity contribution >= 4 is 0 Å². The molecule has 0 aliphatic carbocycles. The van der Waals surface area contributed by atoms with Gasteiger partial charge in [0.25, 0.3) is 0 Å². The van der Waals surface area contributed by atoms with Gasteiger partial charge in [0, 0.05) is 24.4 Å². The van der Waals surface area contributed by atoms with Crippen molar-refractivity contribution in [2.24, 2.45) is 5.92 Å². The molecule has 2 heterocycles. The second-order valence-electron chi connectivity index (χ2n) is 9.05. The predicted octanol–water partition coefficient (Wildman–Crippen LogP) is 5.68. The standard InChI is InChI=1S/C29H35N3O/c1-22-9-12-26(13-10-22)29(28-14-11-23(2)21-30-28)31-24(3)25-15-17-32(18-16-25)19-20-33-27-7-5-4-6-8-27/h4-14,21,25,29,31H,3,15-20H2,1-2H3. The Balaban J connectivity index is 1.32. The first-order valence-corrected chi connectivity index (χ1v) is 11.9. The number of hydrogen-bond donors (Lipinski definition) is 1. The molecule has 4 nitrogen and oxygen atoms in total. The molecule has 1 fully saturated rings. The molecule has 3 aromatic rings. The minimum Gasteiger partial charge on any atom is -0.492 e. The van der Waals surface area contributed by atoms with Gasteiger partial charge in [-0.3, -0.25) is 9.88 Å². The average molecular weight is 442 g/mol. The lowest BCUT2D eigenvalue weighted by molar-refractivity contribution is 0.162. The predicted molar refractivity (Wildman–Crippen MR) is 135 cm³/mol. The van der Waals surface area contributed by atoms with Gasteiger partial charge in [-0.15, -0.1) is 0 Å². The lowest BCUT2D eigenvalue weighted by Gasteiger charge is -2.34. The van der Waals surface area contributed by atoms with Gasteiger partial charge >= 0.3 is 0 Å². The number of hydrogen-bond acceptors (Lipinski definition) is 4. The number of aryl methyl sites for hydroxylation is 2. The number of para-hydroxylation sites is 1. The van der Waals surface area contributed by atoms with Crippen LogP contribution in [0.25, 0.3) is 0 Å². The number of nitrogens with one attached hydrogen (secondary N) is 1. The van der Waals surface area contributed by atoms with Gasteiger partial charge in [-0.1, -0.05) is 60.7 Å². The van der Waals surface area contributed by atoms with Gasteiger partial charge in [0.1, 0.15) is 12.4 Å². The summed E-state index contributed by atoms with van der Waals surface area (Å²) in [5.74, 6) is 1.41. The van der Waals surface area contributed by atoms with E-state index in [4.69, 9.17) is 9.72 Å². The minimum absolute atomic E-state index is 0.0102. The molecule has 1 N–H and O–H groups in total. The van der Waals surface area contributed by atoms with E-state index in [2.05, 4.69) is 67.0 Å². The van der Waals surface area contributed by atoms with Crippen LogP contribution >= 0.6 is 0 Å². The minimum atomic E-state index is 0.0102. The number of rotatable bonds is 9. The van der Waals surface area contributed by atoms with Crippen molar-refractivity contribution in [1.82, 2.24) is 15.2 Å². The van der Waals surface area contributed by atoms with Crippen LogP contribution in [0, 0.1) is 19.8 Å². The summed E-state index contributed by atoms with van der Waals surface area (Å²) in [5, 5.41) is 3.74. The van der Waals surface area contributed by atoms with E-state index in [-0.39, 0.29) is 6.04 Å². The first kappa shape index (κ1) is 23.1. The molecule has 1 aromatic heterocycles. The summed E-state index contributed by atoms with van der Waals surface area (Å²) in [7, 11) is 0. The van der Waals surface area contributed by atoms with Crippen LogP contribution in [0.1, 0.15) is 41.3 Å². The summed E-state index contributed by atoms with van der Waals surface area (Å²) >= 11 is 0. The van der Waals surface area contributed by atoms with Crippen LogP contribution in [0.5, 0.6) is 5.75 Å². The molecule has 1 unspecified atom stereocenters. The van der Waals surface area contributed by atoms with Crippen molar-refractivity contribution in [3.8, 4) is 5.75 Å². The van der Waals surface area contributed by atoms with Crippen LogP contribution in [-0.2, 0) is 0 Å². The summed E-state index contributed by atoms with van der Waals surface area (Å²) < 4.78 is 5.87. The van der Waals surface area contributed by atoms with Crippen LogP contribution in [0.15, 0.2) is 85.2 Å². The van der Waals surface area contributed by atoms with Crippen molar-refractivity contribution in [2.75, 3.05) is 26.2 Å². The Morgan fingerprint density at radius 3 is 2.36 bits per heavy atom. The zero-order valence-corrected chi connectivity index (χ0v) is 19.8. The zero-order chi connectivity index (χ0) is 23.0. The first-order valence-electron chi connectivity index (χ1n) is 11.9. The van der Waals surface area contributed by atoms with Gasteiger partial charge in [-0.05, 0) is 69.1 Å². The number of nitrogens with zero attached hydrogens (tertiary/aromatic N) is 2. The van der Waals surface area contributed by atoms with E-state index < -0.39 is 0 Å². The monoisotopic (exact) mass is 441 g/mol. The maximum Gasteiger partial charge on any atom is 0.119 e. The number of benzene rings is 2. The molecule has 1 aliphatic rings. The molecule has 1 atom stereocenters. The van der Waals surface area contributed by atoms with Crippen molar-refractivity contribution in [3.63, 3.8) is 0 Å². The van der Waals surface area contributed by atoms with Crippen molar-refractivity contribution < 1.29 is 4.74 Å². The van der Waals surface area contributed by atoms with E-state index in [9.17, 15) is 0 Å². The topological polar surface area (TPSA) is 37.4 Å². The molecule has 0 spiro atoms. The third-order valence-corrected chi connectivity index (χ3v) is 6.47. The van der Waals surface area contributed by atoms with E-state index in [0.29, 0.717) is 5.92 Å². The van der Waals surface area contributed by atoms with Crippen molar-refractivity contribution in [3.05, 3.63) is 108 Å². The number of likely N-dealkylation sites (tertiary alicyclic amines) is 1. The lowest BCUT2D eigenvalue weighted by atomic mass is 9.92. The van der Waals surface area contributed by atoms with Gasteiger partial charge in [-0.25, -0.2) is 0 Å². The molecule has 0 amide bonds. The van der Waals surface area contributed by atoms with Crippen LogP contribution in [-0.4, -0.2) is 36.1 Å². The second-order valence-corrected chi connectivity index (χ2v) is 9.05. The first-order chi connectivity index (χ1) is 16.1. The molecule has 1 saturated heterocycles. The molecule has 2 aromatic carbocycles.